The second-order valence-electron chi connectivity index (χ2n) is 5.02. The standard InChI is InChI=1S/C19H20O4/c1-13-6-5-7-14(10-13)16(20)9-8-15-11-18(22-3)19(23-4)12-17(15)21-2/h5-12H,1-4H3/b9-8+. The monoisotopic (exact) mass is 312 g/mol. The van der Waals surface area contributed by atoms with Crippen LogP contribution in [0.1, 0.15) is 21.5 Å². The molecule has 2 aromatic carbocycles. The average molecular weight is 312 g/mol. The predicted octanol–water partition coefficient (Wildman–Crippen LogP) is 3.92. The lowest BCUT2D eigenvalue weighted by Gasteiger charge is -2.12. The Bertz CT molecular complexity index is 732. The molecule has 0 aliphatic heterocycles. The highest BCUT2D eigenvalue weighted by molar-refractivity contribution is 6.07. The number of carbonyl (C=O) groups excluding carboxylic acids is 1. The number of aryl methyl sites for hydroxylation is 1. The summed E-state index contributed by atoms with van der Waals surface area (Å²) in [5.74, 6) is 1.70. The average Bonchev–Trinajstić information content (AvgIpc) is 2.58. The zero-order valence-electron chi connectivity index (χ0n) is 13.8. The highest BCUT2D eigenvalue weighted by Crippen LogP contribution is 2.35. The number of hydrogen-bond donors (Lipinski definition) is 0. The Kier molecular flexibility index (Phi) is 5.41. The van der Waals surface area contributed by atoms with Gasteiger partial charge in [0.25, 0.3) is 0 Å². The van der Waals surface area contributed by atoms with Crippen molar-refractivity contribution in [2.45, 2.75) is 6.92 Å². The smallest absolute Gasteiger partial charge is 0.185 e. The fourth-order valence-electron chi connectivity index (χ4n) is 2.24. The Morgan fingerprint density at radius 3 is 2.17 bits per heavy atom. The van der Waals surface area contributed by atoms with Crippen molar-refractivity contribution in [1.29, 1.82) is 0 Å². The van der Waals surface area contributed by atoms with Gasteiger partial charge in [0.2, 0.25) is 0 Å². The van der Waals surface area contributed by atoms with Crippen LogP contribution in [0, 0.1) is 6.92 Å². The van der Waals surface area contributed by atoms with Crippen LogP contribution in [0.2, 0.25) is 0 Å². The molecule has 120 valence electrons. The van der Waals surface area contributed by atoms with Crippen molar-refractivity contribution in [2.24, 2.45) is 0 Å². The molecule has 0 bridgehead atoms. The third-order valence-corrected chi connectivity index (χ3v) is 3.45. The van der Waals surface area contributed by atoms with Gasteiger partial charge >= 0.3 is 0 Å². The van der Waals surface area contributed by atoms with Gasteiger partial charge in [-0.2, -0.15) is 0 Å². The zero-order valence-corrected chi connectivity index (χ0v) is 13.8. The Hall–Kier alpha value is -2.75. The summed E-state index contributed by atoms with van der Waals surface area (Å²) < 4.78 is 15.9. The third kappa shape index (κ3) is 3.92. The summed E-state index contributed by atoms with van der Waals surface area (Å²) in [5.41, 5.74) is 2.44. The Morgan fingerprint density at radius 2 is 1.57 bits per heavy atom. The van der Waals surface area contributed by atoms with E-state index in [-0.39, 0.29) is 5.78 Å². The Morgan fingerprint density at radius 1 is 0.913 bits per heavy atom. The minimum Gasteiger partial charge on any atom is -0.496 e. The first-order chi connectivity index (χ1) is 11.1. The van der Waals surface area contributed by atoms with Gasteiger partial charge in [0, 0.05) is 17.2 Å². The van der Waals surface area contributed by atoms with E-state index in [0.717, 1.165) is 11.1 Å². The summed E-state index contributed by atoms with van der Waals surface area (Å²) in [6, 6.07) is 11.0. The molecule has 0 saturated heterocycles. The predicted molar refractivity (Wildman–Crippen MR) is 90.6 cm³/mol. The maximum atomic E-state index is 12.3. The molecule has 4 nitrogen and oxygen atoms in total. The van der Waals surface area contributed by atoms with Crippen LogP contribution in [0.15, 0.2) is 42.5 Å². The molecular weight excluding hydrogens is 292 g/mol. The highest BCUT2D eigenvalue weighted by Gasteiger charge is 2.10. The van der Waals surface area contributed by atoms with E-state index >= 15 is 0 Å². The SMILES string of the molecule is COc1cc(OC)c(OC)cc1/C=C/C(=O)c1cccc(C)c1. The minimum atomic E-state index is -0.0643. The molecule has 0 radical (unpaired) electrons. The second kappa shape index (κ2) is 7.49. The van der Waals surface area contributed by atoms with Crippen LogP contribution in [-0.4, -0.2) is 27.1 Å². The number of hydrogen-bond acceptors (Lipinski definition) is 4. The number of allylic oxidation sites excluding steroid dienone is 1. The van der Waals surface area contributed by atoms with Crippen LogP contribution in [-0.2, 0) is 0 Å². The quantitative estimate of drug-likeness (QED) is 0.599. The zero-order chi connectivity index (χ0) is 16.8. The summed E-state index contributed by atoms with van der Waals surface area (Å²) in [6.45, 7) is 1.96. The van der Waals surface area contributed by atoms with Crippen molar-refractivity contribution in [3.8, 4) is 17.2 Å². The van der Waals surface area contributed by atoms with Crippen LogP contribution in [0.25, 0.3) is 6.08 Å². The first kappa shape index (κ1) is 16.6. The fourth-order valence-corrected chi connectivity index (χ4v) is 2.24. The number of ketones is 1. The molecule has 0 aliphatic carbocycles. The summed E-state index contributed by atoms with van der Waals surface area (Å²) in [6.07, 6.45) is 3.24. The molecule has 2 aromatic rings. The topological polar surface area (TPSA) is 44.8 Å². The molecule has 0 N–H and O–H groups in total. The van der Waals surface area contributed by atoms with Crippen LogP contribution in [0.4, 0.5) is 0 Å². The number of carbonyl (C=O) groups is 1. The molecule has 0 spiro atoms. The van der Waals surface area contributed by atoms with Gasteiger partial charge in [0.1, 0.15) is 5.75 Å². The van der Waals surface area contributed by atoms with E-state index in [0.29, 0.717) is 22.8 Å². The van der Waals surface area contributed by atoms with Gasteiger partial charge in [-0.25, -0.2) is 0 Å². The molecule has 0 atom stereocenters. The van der Waals surface area contributed by atoms with E-state index < -0.39 is 0 Å². The molecule has 0 fully saturated rings. The van der Waals surface area contributed by atoms with E-state index in [9.17, 15) is 4.79 Å². The molecule has 0 amide bonds. The second-order valence-corrected chi connectivity index (χ2v) is 5.02. The lowest BCUT2D eigenvalue weighted by atomic mass is 10.1. The van der Waals surface area contributed by atoms with Crippen molar-refractivity contribution < 1.29 is 19.0 Å². The van der Waals surface area contributed by atoms with Crippen molar-refractivity contribution >= 4 is 11.9 Å². The van der Waals surface area contributed by atoms with Gasteiger partial charge in [0.15, 0.2) is 17.3 Å². The van der Waals surface area contributed by atoms with Crippen LogP contribution >= 0.6 is 0 Å². The van der Waals surface area contributed by atoms with Crippen molar-refractivity contribution in [3.05, 3.63) is 59.2 Å². The van der Waals surface area contributed by atoms with Gasteiger partial charge < -0.3 is 14.2 Å². The van der Waals surface area contributed by atoms with Gasteiger partial charge in [-0.1, -0.05) is 23.8 Å². The normalized spacial score (nSPS) is 10.6. The van der Waals surface area contributed by atoms with Crippen LogP contribution in [0.3, 0.4) is 0 Å². The summed E-state index contributed by atoms with van der Waals surface area (Å²) in [7, 11) is 4.70. The summed E-state index contributed by atoms with van der Waals surface area (Å²) >= 11 is 0. The first-order valence-corrected chi connectivity index (χ1v) is 7.18. The number of benzene rings is 2. The van der Waals surface area contributed by atoms with E-state index in [2.05, 4.69) is 0 Å². The van der Waals surface area contributed by atoms with Crippen molar-refractivity contribution in [3.63, 3.8) is 0 Å². The van der Waals surface area contributed by atoms with Crippen molar-refractivity contribution in [1.82, 2.24) is 0 Å². The van der Waals surface area contributed by atoms with Gasteiger partial charge in [-0.15, -0.1) is 0 Å². The molecule has 0 heterocycles. The lowest BCUT2D eigenvalue weighted by molar-refractivity contribution is 0.104. The lowest BCUT2D eigenvalue weighted by Crippen LogP contribution is -1.96. The van der Waals surface area contributed by atoms with Crippen LogP contribution in [0.5, 0.6) is 17.2 Å². The minimum absolute atomic E-state index is 0.0643. The van der Waals surface area contributed by atoms with Gasteiger partial charge in [0.05, 0.1) is 21.3 Å². The molecule has 23 heavy (non-hydrogen) atoms. The van der Waals surface area contributed by atoms with E-state index in [1.54, 1.807) is 45.6 Å². The molecule has 0 aromatic heterocycles. The van der Waals surface area contributed by atoms with E-state index in [1.165, 1.54) is 6.08 Å². The number of ether oxygens (including phenoxy) is 3. The van der Waals surface area contributed by atoms with E-state index in [4.69, 9.17) is 14.2 Å². The van der Waals surface area contributed by atoms with Crippen LogP contribution < -0.4 is 14.2 Å². The van der Waals surface area contributed by atoms with Gasteiger partial charge in [-0.05, 0) is 31.2 Å². The summed E-state index contributed by atoms with van der Waals surface area (Å²) in [4.78, 5) is 12.3. The molecule has 0 aliphatic rings. The fraction of sp³-hybridized carbons (Fsp3) is 0.211. The third-order valence-electron chi connectivity index (χ3n) is 3.45. The maximum Gasteiger partial charge on any atom is 0.185 e. The molecule has 0 unspecified atom stereocenters. The van der Waals surface area contributed by atoms with E-state index in [1.807, 2.05) is 25.1 Å². The largest absolute Gasteiger partial charge is 0.496 e. The first-order valence-electron chi connectivity index (χ1n) is 7.18. The highest BCUT2D eigenvalue weighted by atomic mass is 16.5. The molecule has 0 saturated carbocycles. The molecule has 4 heteroatoms. The van der Waals surface area contributed by atoms with Gasteiger partial charge in [-0.3, -0.25) is 4.79 Å². The Labute approximate surface area is 136 Å². The molecular formula is C19H20O4. The summed E-state index contributed by atoms with van der Waals surface area (Å²) in [5, 5.41) is 0. The Balaban J connectivity index is 2.33. The van der Waals surface area contributed by atoms with Crippen molar-refractivity contribution in [2.75, 3.05) is 21.3 Å². The number of methoxy groups -OCH3 is 3. The number of rotatable bonds is 6. The maximum absolute atomic E-state index is 12.3. The molecule has 2 rings (SSSR count).